The topological polar surface area (TPSA) is 58.1 Å². The number of carbonyl (C=O) groups excluding carboxylic acids is 1. The Hall–Kier alpha value is -2.27. The number of fused-ring (bicyclic) bond motifs is 1. The fourth-order valence-electron chi connectivity index (χ4n) is 2.62. The quantitative estimate of drug-likeness (QED) is 0.926. The minimum absolute atomic E-state index is 0.0786. The van der Waals surface area contributed by atoms with E-state index in [4.69, 9.17) is 0 Å². The van der Waals surface area contributed by atoms with Gasteiger partial charge in [0.15, 0.2) is 0 Å². The van der Waals surface area contributed by atoms with Gasteiger partial charge in [-0.2, -0.15) is 0 Å². The Bertz CT molecular complexity index is 629. The van der Waals surface area contributed by atoms with Crippen molar-refractivity contribution in [3.8, 4) is 0 Å². The van der Waals surface area contributed by atoms with Gasteiger partial charge in [0.05, 0.1) is 5.69 Å². The van der Waals surface area contributed by atoms with Crippen molar-refractivity contribution in [2.75, 3.05) is 6.54 Å². The molecule has 2 aromatic rings. The van der Waals surface area contributed by atoms with Crippen molar-refractivity contribution in [1.29, 1.82) is 0 Å². The van der Waals surface area contributed by atoms with Crippen LogP contribution >= 0.6 is 0 Å². The lowest BCUT2D eigenvalue weighted by Crippen LogP contribution is -2.38. The van der Waals surface area contributed by atoms with Gasteiger partial charge in [-0.3, -0.25) is 10.1 Å². The first kappa shape index (κ1) is 13.7. The van der Waals surface area contributed by atoms with Crippen LogP contribution in [0.2, 0.25) is 0 Å². The summed E-state index contributed by atoms with van der Waals surface area (Å²) in [7, 11) is 0. The highest BCUT2D eigenvalue weighted by atomic mass is 16.2. The summed E-state index contributed by atoms with van der Waals surface area (Å²) in [6.45, 7) is 3.92. The van der Waals surface area contributed by atoms with Crippen molar-refractivity contribution in [2.24, 2.45) is 0 Å². The molecule has 2 heterocycles. The summed E-state index contributed by atoms with van der Waals surface area (Å²) >= 11 is 0. The molecule has 1 aliphatic rings. The Morgan fingerprint density at radius 3 is 2.95 bits per heavy atom. The van der Waals surface area contributed by atoms with Crippen LogP contribution in [0.5, 0.6) is 0 Å². The van der Waals surface area contributed by atoms with E-state index in [-0.39, 0.29) is 11.9 Å². The Kier molecular flexibility index (Phi) is 3.92. The van der Waals surface area contributed by atoms with E-state index in [1.54, 1.807) is 6.20 Å². The average molecular weight is 282 g/mol. The first-order valence-corrected chi connectivity index (χ1v) is 7.14. The molecule has 0 radical (unpaired) electrons. The number of hydrogen-bond donors (Lipinski definition) is 1. The second-order valence-corrected chi connectivity index (χ2v) is 5.08. The molecule has 0 saturated heterocycles. The van der Waals surface area contributed by atoms with Crippen molar-refractivity contribution in [2.45, 2.75) is 26.1 Å². The maximum atomic E-state index is 12.8. The third kappa shape index (κ3) is 2.78. The molecule has 0 fully saturated rings. The molecule has 0 spiro atoms. The normalized spacial score (nSPS) is 16.5. The molecule has 1 aromatic carbocycles. The van der Waals surface area contributed by atoms with Gasteiger partial charge in [0.25, 0.3) is 0 Å². The summed E-state index contributed by atoms with van der Waals surface area (Å²) < 4.78 is 0. The number of nitrogens with one attached hydrogen (secondary N) is 1. The van der Waals surface area contributed by atoms with Crippen molar-refractivity contribution < 1.29 is 4.79 Å². The molecule has 0 aliphatic carbocycles. The standard InChI is InChI=1S/C16H18N4O/c1-2-20(10-12-6-4-3-5-7-12)16(21)15-13-8-17-11-19-14(13)9-18-15/h3-8,11,15,18H,2,9-10H2,1H3. The summed E-state index contributed by atoms with van der Waals surface area (Å²) in [6.07, 6.45) is 3.26. The molecular formula is C16H18N4O. The van der Waals surface area contributed by atoms with Gasteiger partial charge < -0.3 is 4.90 Å². The molecule has 21 heavy (non-hydrogen) atoms. The van der Waals surface area contributed by atoms with Gasteiger partial charge in [0, 0.05) is 31.4 Å². The fraction of sp³-hybridized carbons (Fsp3) is 0.312. The second-order valence-electron chi connectivity index (χ2n) is 5.08. The number of rotatable bonds is 4. The van der Waals surface area contributed by atoms with Crippen molar-refractivity contribution in [1.82, 2.24) is 20.2 Å². The largest absolute Gasteiger partial charge is 0.337 e. The smallest absolute Gasteiger partial charge is 0.244 e. The summed E-state index contributed by atoms with van der Waals surface area (Å²) in [6, 6.07) is 9.71. The molecule has 108 valence electrons. The van der Waals surface area contributed by atoms with E-state index in [0.29, 0.717) is 19.6 Å². The fourth-order valence-corrected chi connectivity index (χ4v) is 2.62. The van der Waals surface area contributed by atoms with E-state index in [9.17, 15) is 4.79 Å². The van der Waals surface area contributed by atoms with Crippen LogP contribution in [0, 0.1) is 0 Å². The zero-order chi connectivity index (χ0) is 14.7. The number of likely N-dealkylation sites (N-methyl/N-ethyl adjacent to an activating group) is 1. The van der Waals surface area contributed by atoms with Crippen LogP contribution in [-0.4, -0.2) is 27.3 Å². The Morgan fingerprint density at radius 2 is 2.19 bits per heavy atom. The number of amides is 1. The van der Waals surface area contributed by atoms with Gasteiger partial charge in [-0.25, -0.2) is 9.97 Å². The van der Waals surface area contributed by atoms with Gasteiger partial charge in [-0.1, -0.05) is 30.3 Å². The molecular weight excluding hydrogens is 264 g/mol. The number of carbonyl (C=O) groups is 1. The Balaban J connectivity index is 1.78. The van der Waals surface area contributed by atoms with Crippen LogP contribution in [-0.2, 0) is 17.9 Å². The van der Waals surface area contributed by atoms with Crippen LogP contribution in [0.3, 0.4) is 0 Å². The lowest BCUT2D eigenvalue weighted by Gasteiger charge is -2.24. The van der Waals surface area contributed by atoms with Gasteiger partial charge in [-0.05, 0) is 12.5 Å². The van der Waals surface area contributed by atoms with Crippen molar-refractivity contribution in [3.63, 3.8) is 0 Å². The second kappa shape index (κ2) is 6.01. The first-order valence-electron chi connectivity index (χ1n) is 7.14. The van der Waals surface area contributed by atoms with E-state index in [0.717, 1.165) is 16.8 Å². The van der Waals surface area contributed by atoms with E-state index in [1.807, 2.05) is 42.2 Å². The molecule has 0 bridgehead atoms. The predicted molar refractivity (Wildman–Crippen MR) is 79.1 cm³/mol. The molecule has 5 heteroatoms. The highest BCUT2D eigenvalue weighted by Crippen LogP contribution is 2.24. The van der Waals surface area contributed by atoms with Crippen LogP contribution in [0.25, 0.3) is 0 Å². The number of benzene rings is 1. The predicted octanol–water partition coefficient (Wildman–Crippen LogP) is 1.67. The third-order valence-corrected chi connectivity index (χ3v) is 3.77. The van der Waals surface area contributed by atoms with Gasteiger partial charge >= 0.3 is 0 Å². The van der Waals surface area contributed by atoms with Crippen LogP contribution < -0.4 is 5.32 Å². The lowest BCUT2D eigenvalue weighted by molar-refractivity contribution is -0.133. The van der Waals surface area contributed by atoms with Crippen LogP contribution in [0.4, 0.5) is 0 Å². The molecule has 1 unspecified atom stereocenters. The van der Waals surface area contributed by atoms with Gasteiger partial charge in [0.1, 0.15) is 12.4 Å². The summed E-state index contributed by atoms with van der Waals surface area (Å²) in [5.74, 6) is 0.0786. The Labute approximate surface area is 124 Å². The summed E-state index contributed by atoms with van der Waals surface area (Å²) in [5, 5.41) is 3.23. The van der Waals surface area contributed by atoms with E-state index in [2.05, 4.69) is 15.3 Å². The Morgan fingerprint density at radius 1 is 1.38 bits per heavy atom. The molecule has 1 atom stereocenters. The lowest BCUT2D eigenvalue weighted by atomic mass is 10.1. The number of nitrogens with zero attached hydrogens (tertiary/aromatic N) is 3. The number of aromatic nitrogens is 2. The zero-order valence-electron chi connectivity index (χ0n) is 12.0. The maximum Gasteiger partial charge on any atom is 0.244 e. The molecule has 1 aromatic heterocycles. The average Bonchev–Trinajstić information content (AvgIpc) is 2.97. The molecule has 1 N–H and O–H groups in total. The summed E-state index contributed by atoms with van der Waals surface area (Å²) in [4.78, 5) is 22.9. The van der Waals surface area contributed by atoms with Crippen LogP contribution in [0.15, 0.2) is 42.9 Å². The molecule has 5 nitrogen and oxygen atoms in total. The zero-order valence-corrected chi connectivity index (χ0v) is 12.0. The molecule has 0 saturated carbocycles. The molecule has 1 aliphatic heterocycles. The minimum Gasteiger partial charge on any atom is -0.337 e. The molecule has 1 amide bonds. The first-order chi connectivity index (χ1) is 10.3. The van der Waals surface area contributed by atoms with Crippen molar-refractivity contribution >= 4 is 5.91 Å². The summed E-state index contributed by atoms with van der Waals surface area (Å²) in [5.41, 5.74) is 2.95. The molecule has 3 rings (SSSR count). The van der Waals surface area contributed by atoms with Gasteiger partial charge in [0.2, 0.25) is 5.91 Å². The SMILES string of the molecule is CCN(Cc1ccccc1)C(=O)C1NCc2ncncc21. The number of hydrogen-bond acceptors (Lipinski definition) is 4. The highest BCUT2D eigenvalue weighted by Gasteiger charge is 2.31. The monoisotopic (exact) mass is 282 g/mol. The van der Waals surface area contributed by atoms with Crippen molar-refractivity contribution in [3.05, 3.63) is 59.7 Å². The third-order valence-electron chi connectivity index (χ3n) is 3.77. The van der Waals surface area contributed by atoms with Gasteiger partial charge in [-0.15, -0.1) is 0 Å². The van der Waals surface area contributed by atoms with E-state index in [1.165, 1.54) is 6.33 Å². The highest BCUT2D eigenvalue weighted by molar-refractivity contribution is 5.84. The van der Waals surface area contributed by atoms with E-state index >= 15 is 0 Å². The maximum absolute atomic E-state index is 12.8. The van der Waals surface area contributed by atoms with Crippen LogP contribution in [0.1, 0.15) is 29.8 Å². The van der Waals surface area contributed by atoms with E-state index < -0.39 is 0 Å². The minimum atomic E-state index is -0.329.